The third-order valence-corrected chi connectivity index (χ3v) is 5.98. The van der Waals surface area contributed by atoms with Crippen molar-refractivity contribution >= 4 is 5.97 Å². The van der Waals surface area contributed by atoms with E-state index in [0.717, 1.165) is 24.8 Å². The van der Waals surface area contributed by atoms with E-state index in [-0.39, 0.29) is 18.6 Å². The molecule has 170 valence electrons. The van der Waals surface area contributed by atoms with Crippen molar-refractivity contribution < 1.29 is 19.7 Å². The predicted octanol–water partition coefficient (Wildman–Crippen LogP) is 3.49. The fourth-order valence-electron chi connectivity index (χ4n) is 4.41. The van der Waals surface area contributed by atoms with Crippen molar-refractivity contribution in [1.29, 1.82) is 5.26 Å². The Morgan fingerprint density at radius 2 is 1.94 bits per heavy atom. The van der Waals surface area contributed by atoms with Gasteiger partial charge in [-0.1, -0.05) is 30.3 Å². The quantitative estimate of drug-likeness (QED) is 0.498. The number of aliphatic hydroxyl groups excluding tert-OH is 1. The summed E-state index contributed by atoms with van der Waals surface area (Å²) in [4.78, 5) is 10.8. The molecule has 3 rings (SSSR count). The normalized spacial score (nSPS) is 14.6. The molecule has 0 aliphatic heterocycles. The van der Waals surface area contributed by atoms with E-state index >= 15 is 0 Å². The summed E-state index contributed by atoms with van der Waals surface area (Å²) in [5.41, 5.74) is 3.92. The summed E-state index contributed by atoms with van der Waals surface area (Å²) >= 11 is 0. The first-order valence-electron chi connectivity index (χ1n) is 11.1. The van der Waals surface area contributed by atoms with Gasteiger partial charge in [-0.05, 0) is 74.3 Å². The maximum atomic E-state index is 10.8. The number of nitrogens with zero attached hydrogens (tertiary/aromatic N) is 1. The summed E-state index contributed by atoms with van der Waals surface area (Å²) in [5, 5.41) is 32.1. The van der Waals surface area contributed by atoms with Crippen molar-refractivity contribution in [3.05, 3.63) is 64.7 Å². The van der Waals surface area contributed by atoms with Crippen LogP contribution >= 0.6 is 0 Å². The molecular weight excluding hydrogens is 404 g/mol. The lowest BCUT2D eigenvalue weighted by molar-refractivity contribution is -0.136. The van der Waals surface area contributed by atoms with Gasteiger partial charge in [-0.15, -0.1) is 0 Å². The Kier molecular flexibility index (Phi) is 7.89. The SMILES string of the molecule is CC(C)(CC1Cc2ccccc2C1)NC[C@H](O)COc1cc(CCC(=O)O)ccc1C#N. The molecule has 6 heteroatoms. The minimum atomic E-state index is -0.873. The first-order chi connectivity index (χ1) is 15.3. The minimum absolute atomic E-state index is 0.0129. The van der Waals surface area contributed by atoms with E-state index in [1.54, 1.807) is 18.2 Å². The van der Waals surface area contributed by atoms with E-state index in [1.165, 1.54) is 11.1 Å². The van der Waals surface area contributed by atoms with Gasteiger partial charge in [0.05, 0.1) is 5.56 Å². The van der Waals surface area contributed by atoms with Gasteiger partial charge in [0.25, 0.3) is 0 Å². The molecule has 0 amide bonds. The average molecular weight is 437 g/mol. The number of β-amino-alcohol motifs (C(OH)–C–C–N with tert-alkyl or cyclic N) is 1. The van der Waals surface area contributed by atoms with Crippen LogP contribution in [0.2, 0.25) is 0 Å². The van der Waals surface area contributed by atoms with Crippen LogP contribution in [0.5, 0.6) is 5.75 Å². The van der Waals surface area contributed by atoms with Crippen LogP contribution in [-0.2, 0) is 24.1 Å². The smallest absolute Gasteiger partial charge is 0.303 e. The van der Waals surface area contributed by atoms with Crippen LogP contribution in [0.15, 0.2) is 42.5 Å². The summed E-state index contributed by atoms with van der Waals surface area (Å²) < 4.78 is 5.72. The van der Waals surface area contributed by atoms with Crippen LogP contribution < -0.4 is 10.1 Å². The zero-order chi connectivity index (χ0) is 23.1. The highest BCUT2D eigenvalue weighted by atomic mass is 16.5. The number of nitrogens with one attached hydrogen (secondary N) is 1. The van der Waals surface area contributed by atoms with Gasteiger partial charge in [-0.3, -0.25) is 4.79 Å². The first kappa shape index (κ1) is 23.8. The number of rotatable bonds is 11. The van der Waals surface area contributed by atoms with Crippen LogP contribution in [0, 0.1) is 17.2 Å². The predicted molar refractivity (Wildman–Crippen MR) is 123 cm³/mol. The van der Waals surface area contributed by atoms with Gasteiger partial charge < -0.3 is 20.3 Å². The highest BCUT2D eigenvalue weighted by Crippen LogP contribution is 2.31. The fourth-order valence-corrected chi connectivity index (χ4v) is 4.41. The van der Waals surface area contributed by atoms with Gasteiger partial charge in [-0.25, -0.2) is 0 Å². The van der Waals surface area contributed by atoms with Crippen molar-refractivity contribution in [2.24, 2.45) is 5.92 Å². The molecule has 2 aromatic carbocycles. The van der Waals surface area contributed by atoms with Crippen LogP contribution in [0.3, 0.4) is 0 Å². The lowest BCUT2D eigenvalue weighted by atomic mass is 9.88. The lowest BCUT2D eigenvalue weighted by Gasteiger charge is -2.30. The molecule has 3 N–H and O–H groups in total. The van der Waals surface area contributed by atoms with E-state index < -0.39 is 12.1 Å². The molecule has 1 atom stereocenters. The molecule has 0 radical (unpaired) electrons. The topological polar surface area (TPSA) is 103 Å². The zero-order valence-corrected chi connectivity index (χ0v) is 18.8. The summed E-state index contributed by atoms with van der Waals surface area (Å²) in [7, 11) is 0. The second-order valence-corrected chi connectivity index (χ2v) is 9.31. The molecule has 0 spiro atoms. The van der Waals surface area contributed by atoms with Crippen LogP contribution in [0.1, 0.15) is 48.9 Å². The molecule has 0 bridgehead atoms. The number of benzene rings is 2. The van der Waals surface area contributed by atoms with Crippen molar-refractivity contribution in [3.63, 3.8) is 0 Å². The highest BCUT2D eigenvalue weighted by Gasteiger charge is 2.28. The molecule has 1 aliphatic rings. The second kappa shape index (κ2) is 10.6. The third-order valence-electron chi connectivity index (χ3n) is 5.98. The van der Waals surface area contributed by atoms with Crippen LogP contribution in [0.4, 0.5) is 0 Å². The van der Waals surface area contributed by atoms with Crippen molar-refractivity contribution in [2.75, 3.05) is 13.2 Å². The number of aliphatic carboxylic acids is 1. The summed E-state index contributed by atoms with van der Waals surface area (Å²) in [5.74, 6) is 0.0925. The molecule has 0 heterocycles. The van der Waals surface area contributed by atoms with Crippen LogP contribution in [0.25, 0.3) is 0 Å². The van der Waals surface area contributed by atoms with Crippen molar-refractivity contribution in [2.45, 2.75) is 57.6 Å². The van der Waals surface area contributed by atoms with Gasteiger partial charge in [0, 0.05) is 18.5 Å². The number of nitriles is 1. The monoisotopic (exact) mass is 436 g/mol. The molecule has 0 unspecified atom stereocenters. The molecule has 0 fully saturated rings. The Balaban J connectivity index is 1.47. The number of carboxylic acid groups (broad SMARTS) is 1. The summed E-state index contributed by atoms with van der Waals surface area (Å²) in [6.07, 6.45) is 2.85. The Labute approximate surface area is 189 Å². The largest absolute Gasteiger partial charge is 0.489 e. The van der Waals surface area contributed by atoms with E-state index in [9.17, 15) is 15.2 Å². The number of carbonyl (C=O) groups is 1. The number of aliphatic hydroxyl groups is 1. The number of fused-ring (bicyclic) bond motifs is 1. The van der Waals surface area contributed by atoms with E-state index in [1.807, 2.05) is 0 Å². The van der Waals surface area contributed by atoms with E-state index in [0.29, 0.717) is 30.2 Å². The van der Waals surface area contributed by atoms with E-state index in [2.05, 4.69) is 49.5 Å². The summed E-state index contributed by atoms with van der Waals surface area (Å²) in [6, 6.07) is 15.7. The van der Waals surface area contributed by atoms with Crippen molar-refractivity contribution in [1.82, 2.24) is 5.32 Å². The minimum Gasteiger partial charge on any atom is -0.489 e. The Hall–Kier alpha value is -2.88. The second-order valence-electron chi connectivity index (χ2n) is 9.31. The van der Waals surface area contributed by atoms with Gasteiger partial charge in [0.15, 0.2) is 0 Å². The first-order valence-corrected chi connectivity index (χ1v) is 11.1. The maximum absolute atomic E-state index is 10.8. The average Bonchev–Trinajstić information content (AvgIpc) is 3.16. The molecule has 0 aromatic heterocycles. The van der Waals surface area contributed by atoms with Gasteiger partial charge in [-0.2, -0.15) is 5.26 Å². The Morgan fingerprint density at radius 3 is 2.56 bits per heavy atom. The third kappa shape index (κ3) is 6.81. The standard InChI is InChI=1S/C26H32N2O4/c1-26(2,14-19-11-20-5-3-4-6-21(20)12-19)28-16-23(29)17-32-24-13-18(8-10-25(30)31)7-9-22(24)15-27/h3-7,9,13,19,23,28-29H,8,10-12,14,16-17H2,1-2H3,(H,30,31)/t23-/m0/s1. The number of carboxylic acids is 1. The summed E-state index contributed by atoms with van der Waals surface area (Å²) in [6.45, 7) is 4.74. The maximum Gasteiger partial charge on any atom is 0.303 e. The lowest BCUT2D eigenvalue weighted by Crippen LogP contribution is -2.46. The van der Waals surface area contributed by atoms with Gasteiger partial charge >= 0.3 is 5.97 Å². The Bertz CT molecular complexity index is 955. The van der Waals surface area contributed by atoms with Gasteiger partial charge in [0.2, 0.25) is 0 Å². The number of hydrogen-bond donors (Lipinski definition) is 3. The molecule has 1 aliphatic carbocycles. The van der Waals surface area contributed by atoms with E-state index in [4.69, 9.17) is 9.84 Å². The molecular formula is C26H32N2O4. The number of hydrogen-bond acceptors (Lipinski definition) is 5. The number of aryl methyl sites for hydroxylation is 1. The molecule has 2 aromatic rings. The molecule has 0 saturated carbocycles. The zero-order valence-electron chi connectivity index (χ0n) is 18.8. The fraction of sp³-hybridized carbons (Fsp3) is 0.462. The highest BCUT2D eigenvalue weighted by molar-refractivity contribution is 5.67. The Morgan fingerprint density at radius 1 is 1.25 bits per heavy atom. The molecule has 0 saturated heterocycles. The molecule has 6 nitrogen and oxygen atoms in total. The van der Waals surface area contributed by atoms with Gasteiger partial charge in [0.1, 0.15) is 24.5 Å². The van der Waals surface area contributed by atoms with Crippen molar-refractivity contribution in [3.8, 4) is 11.8 Å². The molecule has 32 heavy (non-hydrogen) atoms. The van der Waals surface area contributed by atoms with Crippen LogP contribution in [-0.4, -0.2) is 41.0 Å². The number of ether oxygens (including phenoxy) is 1.